The van der Waals surface area contributed by atoms with Gasteiger partial charge in [0, 0.05) is 48.7 Å². The van der Waals surface area contributed by atoms with Gasteiger partial charge in [-0.25, -0.2) is 0 Å². The number of benzene rings is 3. The molecule has 0 unspecified atom stereocenters. The predicted octanol–water partition coefficient (Wildman–Crippen LogP) is 6.40. The average Bonchev–Trinajstić information content (AvgIpc) is 2.94. The number of pyridine rings is 1. The fourth-order valence-corrected chi connectivity index (χ4v) is 4.61. The molecule has 0 aliphatic rings. The quantitative estimate of drug-likeness (QED) is 0.167. The normalized spacial score (nSPS) is 11.6. The van der Waals surface area contributed by atoms with Crippen LogP contribution in [0.15, 0.2) is 66.9 Å². The summed E-state index contributed by atoms with van der Waals surface area (Å²) in [5, 5.41) is 23.0. The van der Waals surface area contributed by atoms with Crippen LogP contribution < -0.4 is 19.5 Å². The molecule has 3 aromatic carbocycles. The molecule has 0 atom stereocenters. The molecule has 0 saturated heterocycles. The van der Waals surface area contributed by atoms with Crippen molar-refractivity contribution >= 4 is 33.9 Å². The van der Waals surface area contributed by atoms with Crippen LogP contribution in [0.5, 0.6) is 23.0 Å². The standard InChI is InChI=1S/C32H38ClN3O5/c1-32(2,3)22-5-7-23(8-6-22)35-24-9-10-29(26(33)19-24)41-28-11-12-34-27-21-31(30(39-4)20-25(27)28)40-18-15-36(13-16-37)14-17-38/h5-12,19-21,35,37-38H,13-18H2,1-4H3. The average molecular weight is 580 g/mol. The summed E-state index contributed by atoms with van der Waals surface area (Å²) in [6.45, 7) is 8.44. The van der Waals surface area contributed by atoms with Gasteiger partial charge in [-0.3, -0.25) is 9.88 Å². The van der Waals surface area contributed by atoms with Crippen LogP contribution in [0.25, 0.3) is 10.9 Å². The lowest BCUT2D eigenvalue weighted by molar-refractivity contribution is 0.140. The third-order valence-corrected chi connectivity index (χ3v) is 6.97. The van der Waals surface area contributed by atoms with Gasteiger partial charge in [0.2, 0.25) is 0 Å². The second-order valence-corrected chi connectivity index (χ2v) is 11.1. The van der Waals surface area contributed by atoms with E-state index in [4.69, 9.17) is 25.8 Å². The molecular weight excluding hydrogens is 542 g/mol. The lowest BCUT2D eigenvalue weighted by Gasteiger charge is -2.20. The molecule has 0 aliphatic carbocycles. The molecule has 4 rings (SSSR count). The van der Waals surface area contributed by atoms with E-state index in [9.17, 15) is 10.2 Å². The number of rotatable bonds is 13. The van der Waals surface area contributed by atoms with Crippen LogP contribution in [-0.2, 0) is 5.41 Å². The zero-order valence-electron chi connectivity index (χ0n) is 24.0. The summed E-state index contributed by atoms with van der Waals surface area (Å²) in [6, 6.07) is 19.4. The summed E-state index contributed by atoms with van der Waals surface area (Å²) < 4.78 is 17.8. The molecule has 0 amide bonds. The van der Waals surface area contributed by atoms with E-state index in [1.807, 2.05) is 35.2 Å². The van der Waals surface area contributed by atoms with Crippen LogP contribution in [0.1, 0.15) is 26.3 Å². The number of aliphatic hydroxyl groups is 2. The van der Waals surface area contributed by atoms with Crippen molar-refractivity contribution in [3.8, 4) is 23.0 Å². The first kappa shape index (κ1) is 30.4. The molecule has 0 spiro atoms. The molecule has 0 aliphatic heterocycles. The molecule has 4 aromatic rings. The lowest BCUT2D eigenvalue weighted by atomic mass is 9.87. The highest BCUT2D eigenvalue weighted by molar-refractivity contribution is 6.32. The first-order valence-electron chi connectivity index (χ1n) is 13.6. The van der Waals surface area contributed by atoms with Crippen LogP contribution in [-0.4, -0.2) is 66.7 Å². The van der Waals surface area contributed by atoms with Crippen LogP contribution >= 0.6 is 11.6 Å². The van der Waals surface area contributed by atoms with E-state index in [0.29, 0.717) is 59.8 Å². The fourth-order valence-electron chi connectivity index (χ4n) is 4.39. The molecule has 0 fully saturated rings. The summed E-state index contributed by atoms with van der Waals surface area (Å²) in [5.74, 6) is 2.17. The molecule has 9 heteroatoms. The van der Waals surface area contributed by atoms with Gasteiger partial charge in [-0.1, -0.05) is 44.5 Å². The van der Waals surface area contributed by atoms with Crippen LogP contribution in [0.4, 0.5) is 11.4 Å². The van der Waals surface area contributed by atoms with Gasteiger partial charge in [0.15, 0.2) is 11.5 Å². The minimum Gasteiger partial charge on any atom is -0.493 e. The molecule has 1 heterocycles. The van der Waals surface area contributed by atoms with Crippen molar-refractivity contribution in [1.29, 1.82) is 0 Å². The van der Waals surface area contributed by atoms with Gasteiger partial charge >= 0.3 is 0 Å². The Morgan fingerprint density at radius 2 is 1.54 bits per heavy atom. The lowest BCUT2D eigenvalue weighted by Crippen LogP contribution is -2.33. The molecule has 1 aromatic heterocycles. The van der Waals surface area contributed by atoms with Gasteiger partial charge in [0.1, 0.15) is 18.1 Å². The predicted molar refractivity (Wildman–Crippen MR) is 164 cm³/mol. The maximum atomic E-state index is 9.22. The number of nitrogens with one attached hydrogen (secondary N) is 1. The first-order chi connectivity index (χ1) is 19.7. The number of nitrogens with zero attached hydrogens (tertiary/aromatic N) is 2. The van der Waals surface area contributed by atoms with Crippen molar-refractivity contribution in [2.24, 2.45) is 0 Å². The number of methoxy groups -OCH3 is 1. The monoisotopic (exact) mass is 579 g/mol. The van der Waals surface area contributed by atoms with Crippen molar-refractivity contribution < 1.29 is 24.4 Å². The smallest absolute Gasteiger partial charge is 0.163 e. The van der Waals surface area contributed by atoms with E-state index in [-0.39, 0.29) is 18.6 Å². The molecule has 3 N–H and O–H groups in total. The Morgan fingerprint density at radius 3 is 2.17 bits per heavy atom. The summed E-state index contributed by atoms with van der Waals surface area (Å²) in [5.41, 5.74) is 3.87. The number of halogens is 1. The van der Waals surface area contributed by atoms with Crippen molar-refractivity contribution in [2.45, 2.75) is 26.2 Å². The Kier molecular flexibility index (Phi) is 10.3. The molecule has 218 valence electrons. The van der Waals surface area contributed by atoms with Gasteiger partial charge in [0.05, 0.1) is 30.9 Å². The minimum atomic E-state index is 0.0146. The summed E-state index contributed by atoms with van der Waals surface area (Å²) in [6.07, 6.45) is 1.67. The van der Waals surface area contributed by atoms with Crippen molar-refractivity contribution in [2.75, 3.05) is 51.9 Å². The highest BCUT2D eigenvalue weighted by Crippen LogP contribution is 2.39. The van der Waals surface area contributed by atoms with Crippen LogP contribution in [0, 0.1) is 0 Å². The first-order valence-corrected chi connectivity index (χ1v) is 14.0. The molecule has 0 saturated carbocycles. The molecule has 41 heavy (non-hydrogen) atoms. The topological polar surface area (TPSA) is 96.3 Å². The van der Waals surface area contributed by atoms with Crippen LogP contribution in [0.2, 0.25) is 5.02 Å². The Hall–Kier alpha value is -3.56. The van der Waals surface area contributed by atoms with Gasteiger partial charge in [-0.15, -0.1) is 0 Å². The number of fused-ring (bicyclic) bond motifs is 1. The van der Waals surface area contributed by atoms with E-state index in [1.165, 1.54) is 5.56 Å². The van der Waals surface area contributed by atoms with Crippen molar-refractivity contribution in [3.05, 3.63) is 77.4 Å². The van der Waals surface area contributed by atoms with E-state index in [0.717, 1.165) is 16.8 Å². The Labute approximate surface area is 246 Å². The highest BCUT2D eigenvalue weighted by Gasteiger charge is 2.15. The molecule has 0 bridgehead atoms. The van der Waals surface area contributed by atoms with Crippen molar-refractivity contribution in [1.82, 2.24) is 9.88 Å². The summed E-state index contributed by atoms with van der Waals surface area (Å²) in [7, 11) is 1.58. The zero-order chi connectivity index (χ0) is 29.4. The molecule has 0 radical (unpaired) electrons. The van der Waals surface area contributed by atoms with Crippen LogP contribution in [0.3, 0.4) is 0 Å². The summed E-state index contributed by atoms with van der Waals surface area (Å²) in [4.78, 5) is 6.41. The maximum Gasteiger partial charge on any atom is 0.163 e. The third kappa shape index (κ3) is 8.01. The Morgan fingerprint density at radius 1 is 0.829 bits per heavy atom. The number of ether oxygens (including phenoxy) is 3. The number of hydrogen-bond acceptors (Lipinski definition) is 8. The maximum absolute atomic E-state index is 9.22. The number of hydrogen-bond donors (Lipinski definition) is 3. The van der Waals surface area contributed by atoms with Gasteiger partial charge in [0.25, 0.3) is 0 Å². The second-order valence-electron chi connectivity index (χ2n) is 10.7. The van der Waals surface area contributed by atoms with Gasteiger partial charge in [-0.2, -0.15) is 0 Å². The van der Waals surface area contributed by atoms with Gasteiger partial charge in [-0.05, 0) is 53.4 Å². The van der Waals surface area contributed by atoms with E-state index < -0.39 is 0 Å². The van der Waals surface area contributed by atoms with Gasteiger partial charge < -0.3 is 29.7 Å². The van der Waals surface area contributed by atoms with E-state index in [1.54, 1.807) is 19.4 Å². The minimum absolute atomic E-state index is 0.0146. The zero-order valence-corrected chi connectivity index (χ0v) is 24.7. The number of aromatic nitrogens is 1. The Bertz CT molecular complexity index is 1430. The number of aliphatic hydroxyl groups excluding tert-OH is 2. The number of anilines is 2. The van der Waals surface area contributed by atoms with E-state index in [2.05, 4.69) is 55.3 Å². The highest BCUT2D eigenvalue weighted by atomic mass is 35.5. The van der Waals surface area contributed by atoms with E-state index >= 15 is 0 Å². The Balaban J connectivity index is 1.49. The summed E-state index contributed by atoms with van der Waals surface area (Å²) >= 11 is 6.63. The third-order valence-electron chi connectivity index (χ3n) is 6.68. The second kappa shape index (κ2) is 13.9. The fraction of sp³-hybridized carbons (Fsp3) is 0.344. The molecule has 8 nitrogen and oxygen atoms in total. The van der Waals surface area contributed by atoms with Crippen molar-refractivity contribution in [3.63, 3.8) is 0 Å². The SMILES string of the molecule is COc1cc2c(Oc3ccc(Nc4ccc(C(C)(C)C)cc4)cc3Cl)ccnc2cc1OCCN(CCO)CCO. The largest absolute Gasteiger partial charge is 0.493 e. The molecular formula is C32H38ClN3O5.